The third-order valence-corrected chi connectivity index (χ3v) is 7.42. The van der Waals surface area contributed by atoms with Crippen LogP contribution in [0.1, 0.15) is 32.9 Å². The van der Waals surface area contributed by atoms with E-state index in [1.807, 2.05) is 44.5 Å². The van der Waals surface area contributed by atoms with Crippen LogP contribution in [0.2, 0.25) is 0 Å². The molecule has 2 aromatic carbocycles. The monoisotopic (exact) mass is 428 g/mol. The Morgan fingerprint density at radius 2 is 1.63 bits per heavy atom. The molecule has 160 valence electrons. The van der Waals surface area contributed by atoms with Gasteiger partial charge in [0.2, 0.25) is 10.0 Å². The van der Waals surface area contributed by atoms with Gasteiger partial charge in [0.25, 0.3) is 5.91 Å². The number of nitrogens with zero attached hydrogens (tertiary/aromatic N) is 4. The van der Waals surface area contributed by atoms with E-state index in [2.05, 4.69) is 4.98 Å². The van der Waals surface area contributed by atoms with E-state index in [9.17, 15) is 13.2 Å². The maximum absolute atomic E-state index is 13.2. The zero-order chi connectivity index (χ0) is 22.4. The molecule has 0 unspecified atom stereocenters. The van der Waals surface area contributed by atoms with Crippen molar-refractivity contribution >= 4 is 27.0 Å². The molecule has 0 atom stereocenters. The molecule has 30 heavy (non-hydrogen) atoms. The normalized spacial score (nSPS) is 12.0. The number of aromatic nitrogens is 2. The third-order valence-electron chi connectivity index (χ3n) is 5.47. The second-order valence-corrected chi connectivity index (χ2v) is 9.97. The van der Waals surface area contributed by atoms with Gasteiger partial charge in [0.15, 0.2) is 0 Å². The summed E-state index contributed by atoms with van der Waals surface area (Å²) in [7, 11) is 3.13. The van der Waals surface area contributed by atoms with Crippen molar-refractivity contribution in [3.05, 3.63) is 58.4 Å². The number of aryl methyl sites for hydroxylation is 4. The number of carbonyl (C=O) groups excluding carboxylic acids is 1. The summed E-state index contributed by atoms with van der Waals surface area (Å²) >= 11 is 0. The predicted octanol–water partition coefficient (Wildman–Crippen LogP) is 3.02. The summed E-state index contributed by atoms with van der Waals surface area (Å²) in [6, 6.07) is 8.96. The number of rotatable bonds is 5. The van der Waals surface area contributed by atoms with Crippen molar-refractivity contribution in [1.82, 2.24) is 18.8 Å². The molecule has 0 bridgehead atoms. The Morgan fingerprint density at radius 1 is 1.00 bits per heavy atom. The van der Waals surface area contributed by atoms with Gasteiger partial charge < -0.3 is 9.47 Å². The maximum Gasteiger partial charge on any atom is 0.253 e. The fraction of sp³-hybridized carbons (Fsp3) is 0.364. The molecule has 0 N–H and O–H groups in total. The Balaban J connectivity index is 1.96. The number of amides is 1. The highest BCUT2D eigenvalue weighted by Crippen LogP contribution is 2.25. The molecule has 0 fully saturated rings. The molecule has 3 rings (SSSR count). The second-order valence-electron chi connectivity index (χ2n) is 7.95. The Kier molecular flexibility index (Phi) is 5.75. The average molecular weight is 429 g/mol. The summed E-state index contributed by atoms with van der Waals surface area (Å²) in [5.41, 5.74) is 4.77. The standard InChI is InChI=1S/C22H28N4O3S/c1-14-10-16(3)20(11-15(14)2)30(28,29)25(6)13-21-23-18-12-17(22(27)24(4)5)8-9-19(18)26(21)7/h8-12H,13H2,1-7H3. The van der Waals surface area contributed by atoms with Crippen molar-refractivity contribution in [3.63, 3.8) is 0 Å². The smallest absolute Gasteiger partial charge is 0.253 e. The first-order valence-electron chi connectivity index (χ1n) is 9.64. The molecule has 3 aromatic rings. The molecule has 0 aliphatic carbocycles. The van der Waals surface area contributed by atoms with E-state index < -0.39 is 10.0 Å². The lowest BCUT2D eigenvalue weighted by Gasteiger charge is -2.19. The van der Waals surface area contributed by atoms with Gasteiger partial charge in [0.05, 0.1) is 22.5 Å². The summed E-state index contributed by atoms with van der Waals surface area (Å²) in [6.07, 6.45) is 0. The fourth-order valence-electron chi connectivity index (χ4n) is 3.45. The van der Waals surface area contributed by atoms with Crippen LogP contribution in [0.4, 0.5) is 0 Å². The molecule has 0 saturated carbocycles. The number of hydrogen-bond donors (Lipinski definition) is 0. The van der Waals surface area contributed by atoms with Crippen LogP contribution in [0.3, 0.4) is 0 Å². The number of imidazole rings is 1. The van der Waals surface area contributed by atoms with Gasteiger partial charge in [-0.3, -0.25) is 4.79 Å². The minimum atomic E-state index is -3.67. The van der Waals surface area contributed by atoms with E-state index >= 15 is 0 Å². The van der Waals surface area contributed by atoms with Crippen LogP contribution in [-0.2, 0) is 23.6 Å². The number of sulfonamides is 1. The van der Waals surface area contributed by atoms with Gasteiger partial charge >= 0.3 is 0 Å². The molecule has 0 aliphatic heterocycles. The van der Waals surface area contributed by atoms with Crippen molar-refractivity contribution in [2.24, 2.45) is 7.05 Å². The Hall–Kier alpha value is -2.71. The highest BCUT2D eigenvalue weighted by atomic mass is 32.2. The molecule has 1 heterocycles. The Morgan fingerprint density at radius 3 is 2.27 bits per heavy atom. The summed E-state index contributed by atoms with van der Waals surface area (Å²) in [6.45, 7) is 5.81. The topological polar surface area (TPSA) is 75.5 Å². The van der Waals surface area contributed by atoms with E-state index in [1.54, 1.807) is 39.3 Å². The van der Waals surface area contributed by atoms with Crippen molar-refractivity contribution in [2.45, 2.75) is 32.2 Å². The van der Waals surface area contributed by atoms with Crippen LogP contribution in [0.15, 0.2) is 35.2 Å². The van der Waals surface area contributed by atoms with E-state index in [0.717, 1.165) is 22.2 Å². The molecule has 8 heteroatoms. The highest BCUT2D eigenvalue weighted by Gasteiger charge is 2.25. The molecule has 1 aromatic heterocycles. The molecule has 0 radical (unpaired) electrons. The van der Waals surface area contributed by atoms with Crippen molar-refractivity contribution in [2.75, 3.05) is 21.1 Å². The lowest BCUT2D eigenvalue weighted by molar-refractivity contribution is 0.0827. The maximum atomic E-state index is 13.2. The SMILES string of the molecule is Cc1cc(C)c(S(=O)(=O)N(C)Cc2nc3cc(C(=O)N(C)C)ccc3n2C)cc1C. The first-order valence-corrected chi connectivity index (χ1v) is 11.1. The van der Waals surface area contributed by atoms with Gasteiger partial charge in [-0.25, -0.2) is 13.4 Å². The van der Waals surface area contributed by atoms with E-state index in [1.165, 1.54) is 9.21 Å². The highest BCUT2D eigenvalue weighted by molar-refractivity contribution is 7.89. The quantitative estimate of drug-likeness (QED) is 0.626. The molecule has 7 nitrogen and oxygen atoms in total. The third kappa shape index (κ3) is 3.85. The van der Waals surface area contributed by atoms with E-state index in [4.69, 9.17) is 0 Å². The molecule has 0 spiro atoms. The molecule has 1 amide bonds. The minimum Gasteiger partial charge on any atom is -0.345 e. The lowest BCUT2D eigenvalue weighted by Crippen LogP contribution is -2.28. The Bertz CT molecular complexity index is 1240. The first-order chi connectivity index (χ1) is 13.9. The van der Waals surface area contributed by atoms with Gasteiger partial charge in [-0.1, -0.05) is 6.07 Å². The van der Waals surface area contributed by atoms with Crippen LogP contribution in [0, 0.1) is 20.8 Å². The molecule has 0 saturated heterocycles. The number of carbonyl (C=O) groups is 1. The van der Waals surface area contributed by atoms with Crippen molar-refractivity contribution in [1.29, 1.82) is 0 Å². The van der Waals surface area contributed by atoms with Crippen LogP contribution in [-0.4, -0.2) is 54.2 Å². The van der Waals surface area contributed by atoms with Gasteiger partial charge in [0.1, 0.15) is 5.82 Å². The molecule has 0 aliphatic rings. The Labute approximate surface area is 178 Å². The number of fused-ring (bicyclic) bond motifs is 1. The lowest BCUT2D eigenvalue weighted by atomic mass is 10.1. The van der Waals surface area contributed by atoms with Crippen LogP contribution >= 0.6 is 0 Å². The molecular weight excluding hydrogens is 400 g/mol. The van der Waals surface area contributed by atoms with E-state index in [-0.39, 0.29) is 12.5 Å². The minimum absolute atomic E-state index is 0.103. The van der Waals surface area contributed by atoms with E-state index in [0.29, 0.717) is 21.8 Å². The van der Waals surface area contributed by atoms with Crippen molar-refractivity contribution < 1.29 is 13.2 Å². The van der Waals surface area contributed by atoms with Gasteiger partial charge in [-0.15, -0.1) is 0 Å². The van der Waals surface area contributed by atoms with Gasteiger partial charge in [-0.2, -0.15) is 4.31 Å². The van der Waals surface area contributed by atoms with Crippen molar-refractivity contribution in [3.8, 4) is 0 Å². The molecular formula is C22H28N4O3S. The van der Waals surface area contributed by atoms with Crippen LogP contribution in [0.5, 0.6) is 0 Å². The second kappa shape index (κ2) is 7.85. The zero-order valence-corrected chi connectivity index (χ0v) is 19.3. The van der Waals surface area contributed by atoms with Gasteiger partial charge in [-0.05, 0) is 61.7 Å². The predicted molar refractivity (Wildman–Crippen MR) is 118 cm³/mol. The summed E-state index contributed by atoms with van der Waals surface area (Å²) in [5.74, 6) is 0.501. The summed E-state index contributed by atoms with van der Waals surface area (Å²) in [4.78, 5) is 18.7. The first kappa shape index (κ1) is 22.0. The number of benzene rings is 2. The largest absolute Gasteiger partial charge is 0.345 e. The summed E-state index contributed by atoms with van der Waals surface area (Å²) in [5, 5.41) is 0. The van der Waals surface area contributed by atoms with Crippen LogP contribution < -0.4 is 0 Å². The zero-order valence-electron chi connectivity index (χ0n) is 18.5. The average Bonchev–Trinajstić information content (AvgIpc) is 2.98. The summed E-state index contributed by atoms with van der Waals surface area (Å²) < 4.78 is 29.6. The number of hydrogen-bond acceptors (Lipinski definition) is 4. The van der Waals surface area contributed by atoms with Crippen LogP contribution in [0.25, 0.3) is 11.0 Å². The fourth-order valence-corrected chi connectivity index (χ4v) is 4.86. The van der Waals surface area contributed by atoms with Gasteiger partial charge in [0, 0.05) is 33.8 Å².